The van der Waals surface area contributed by atoms with Crippen LogP contribution in [0.2, 0.25) is 0 Å². The van der Waals surface area contributed by atoms with Crippen molar-refractivity contribution in [3.05, 3.63) is 60.7 Å². The van der Waals surface area contributed by atoms with Crippen molar-refractivity contribution in [3.63, 3.8) is 0 Å². The molecule has 0 aliphatic heterocycles. The lowest BCUT2D eigenvalue weighted by Gasteiger charge is -1.95. The first kappa shape index (κ1) is 14.7. The Morgan fingerprint density at radius 1 is 1.16 bits per heavy atom. The molecule has 4 heterocycles. The predicted molar refractivity (Wildman–Crippen MR) is 87.3 cm³/mol. The Morgan fingerprint density at radius 2 is 2.12 bits per heavy atom. The number of carbonyl (C=O) groups excluding carboxylic acids is 1. The van der Waals surface area contributed by atoms with Gasteiger partial charge in [0.2, 0.25) is 5.95 Å². The fourth-order valence-electron chi connectivity index (χ4n) is 2.13. The molecule has 0 spiro atoms. The Labute approximate surface area is 141 Å². The van der Waals surface area contributed by atoms with Crippen molar-refractivity contribution in [1.82, 2.24) is 30.3 Å². The topological polar surface area (TPSA) is 122 Å². The number of hydrogen-bond donors (Lipinski definition) is 2. The van der Waals surface area contributed by atoms with Gasteiger partial charge in [0, 0.05) is 30.2 Å². The predicted octanol–water partition coefficient (Wildman–Crippen LogP) is 2.17. The quantitative estimate of drug-likeness (QED) is 0.586. The molecule has 0 aliphatic carbocycles. The zero-order valence-electron chi connectivity index (χ0n) is 12.7. The van der Waals surface area contributed by atoms with Crippen LogP contribution in [0.25, 0.3) is 22.8 Å². The average molecular weight is 333 g/mol. The highest BCUT2D eigenvalue weighted by Crippen LogP contribution is 2.19. The van der Waals surface area contributed by atoms with Gasteiger partial charge in [-0.2, -0.15) is 4.98 Å². The summed E-state index contributed by atoms with van der Waals surface area (Å²) in [6, 6.07) is 10.5. The molecule has 0 aliphatic rings. The van der Waals surface area contributed by atoms with Crippen LogP contribution in [0.3, 0.4) is 0 Å². The van der Waals surface area contributed by atoms with Crippen LogP contribution in [-0.4, -0.2) is 36.2 Å². The number of nitrogens with zero attached hydrogens (tertiary/aromatic N) is 5. The van der Waals surface area contributed by atoms with E-state index < -0.39 is 5.91 Å². The molecule has 2 N–H and O–H groups in total. The van der Waals surface area contributed by atoms with E-state index in [-0.39, 0.29) is 11.6 Å². The monoisotopic (exact) mass is 333 g/mol. The number of amides is 1. The van der Waals surface area contributed by atoms with Gasteiger partial charge in [0.05, 0.1) is 0 Å². The third kappa shape index (κ3) is 3.11. The number of aromatic amines is 1. The van der Waals surface area contributed by atoms with Crippen molar-refractivity contribution in [2.45, 2.75) is 0 Å². The van der Waals surface area contributed by atoms with Crippen LogP contribution in [0, 0.1) is 0 Å². The summed E-state index contributed by atoms with van der Waals surface area (Å²) in [5.41, 5.74) is 1.46. The van der Waals surface area contributed by atoms with Crippen molar-refractivity contribution >= 4 is 11.9 Å². The maximum absolute atomic E-state index is 12.2. The van der Waals surface area contributed by atoms with Gasteiger partial charge in [-0.1, -0.05) is 11.2 Å². The largest absolute Gasteiger partial charge is 0.355 e. The summed E-state index contributed by atoms with van der Waals surface area (Å²) in [6.45, 7) is 0. The first-order valence-corrected chi connectivity index (χ1v) is 7.32. The summed E-state index contributed by atoms with van der Waals surface area (Å²) < 4.78 is 5.17. The first-order valence-electron chi connectivity index (χ1n) is 7.32. The molecular formula is C16H11N7O2. The maximum Gasteiger partial charge on any atom is 0.280 e. The zero-order valence-corrected chi connectivity index (χ0v) is 12.7. The summed E-state index contributed by atoms with van der Waals surface area (Å²) in [4.78, 5) is 24.6. The van der Waals surface area contributed by atoms with E-state index in [1.807, 2.05) is 12.1 Å². The highest BCUT2D eigenvalue weighted by atomic mass is 16.5. The van der Waals surface area contributed by atoms with Gasteiger partial charge in [0.25, 0.3) is 5.91 Å². The Kier molecular flexibility index (Phi) is 3.71. The molecule has 4 rings (SSSR count). The van der Waals surface area contributed by atoms with Crippen molar-refractivity contribution in [2.24, 2.45) is 0 Å². The highest BCUT2D eigenvalue weighted by molar-refractivity contribution is 6.02. The fraction of sp³-hybridized carbons (Fsp3) is 0. The Morgan fingerprint density at radius 3 is 2.92 bits per heavy atom. The molecule has 9 heteroatoms. The number of carbonyl (C=O) groups is 1. The maximum atomic E-state index is 12.2. The van der Waals surface area contributed by atoms with Crippen molar-refractivity contribution in [2.75, 3.05) is 5.32 Å². The number of anilines is 1. The standard InChI is InChI=1S/C16H11N7O2/c24-15(12-8-13(25-23-12)10-4-3-6-17-9-10)20-16-19-14(21-22-16)11-5-1-2-7-18-11/h1-9H,(H2,19,20,21,22,24). The number of hydrogen-bond acceptors (Lipinski definition) is 7. The zero-order chi connectivity index (χ0) is 17.1. The Balaban J connectivity index is 1.50. The molecule has 0 aromatic carbocycles. The Hall–Kier alpha value is -3.88. The Bertz CT molecular complexity index is 996. The second-order valence-corrected chi connectivity index (χ2v) is 4.99. The molecule has 9 nitrogen and oxygen atoms in total. The second-order valence-electron chi connectivity index (χ2n) is 4.99. The number of nitrogens with one attached hydrogen (secondary N) is 2. The summed E-state index contributed by atoms with van der Waals surface area (Å²) in [6.07, 6.45) is 4.91. The van der Waals surface area contributed by atoms with Crippen molar-refractivity contribution in [1.29, 1.82) is 0 Å². The molecule has 0 saturated heterocycles. The lowest BCUT2D eigenvalue weighted by Crippen LogP contribution is -2.13. The van der Waals surface area contributed by atoms with Crippen LogP contribution in [0.1, 0.15) is 10.5 Å². The number of pyridine rings is 2. The van der Waals surface area contributed by atoms with Gasteiger partial charge in [0.1, 0.15) is 5.69 Å². The van der Waals surface area contributed by atoms with Crippen molar-refractivity contribution in [3.8, 4) is 22.8 Å². The lowest BCUT2D eigenvalue weighted by molar-refractivity contribution is 0.101. The van der Waals surface area contributed by atoms with E-state index >= 15 is 0 Å². The van der Waals surface area contributed by atoms with Crippen LogP contribution in [0.4, 0.5) is 5.95 Å². The molecule has 0 bridgehead atoms. The van der Waals surface area contributed by atoms with E-state index in [0.29, 0.717) is 17.3 Å². The molecule has 0 radical (unpaired) electrons. The molecule has 4 aromatic rings. The molecule has 0 atom stereocenters. The molecular weight excluding hydrogens is 322 g/mol. The molecule has 4 aromatic heterocycles. The molecule has 25 heavy (non-hydrogen) atoms. The number of rotatable bonds is 4. The molecule has 0 saturated carbocycles. The highest BCUT2D eigenvalue weighted by Gasteiger charge is 2.16. The third-order valence-corrected chi connectivity index (χ3v) is 3.31. The fourth-order valence-corrected chi connectivity index (χ4v) is 2.13. The number of aromatic nitrogens is 6. The third-order valence-electron chi connectivity index (χ3n) is 3.31. The van der Waals surface area contributed by atoms with E-state index in [4.69, 9.17) is 4.52 Å². The number of H-pyrrole nitrogens is 1. The summed E-state index contributed by atoms with van der Waals surface area (Å²) >= 11 is 0. The van der Waals surface area contributed by atoms with E-state index in [9.17, 15) is 4.79 Å². The summed E-state index contributed by atoms with van der Waals surface area (Å²) in [7, 11) is 0. The summed E-state index contributed by atoms with van der Waals surface area (Å²) in [5.74, 6) is 0.538. The smallest absolute Gasteiger partial charge is 0.280 e. The van der Waals surface area contributed by atoms with Crippen LogP contribution in [0.15, 0.2) is 59.5 Å². The molecule has 1 amide bonds. The van der Waals surface area contributed by atoms with Crippen LogP contribution in [-0.2, 0) is 0 Å². The minimum Gasteiger partial charge on any atom is -0.355 e. The average Bonchev–Trinajstić information content (AvgIpc) is 3.33. The van der Waals surface area contributed by atoms with Crippen LogP contribution in [0.5, 0.6) is 0 Å². The van der Waals surface area contributed by atoms with Gasteiger partial charge in [-0.3, -0.25) is 25.2 Å². The molecule has 122 valence electrons. The van der Waals surface area contributed by atoms with Crippen LogP contribution < -0.4 is 5.32 Å². The van der Waals surface area contributed by atoms with Gasteiger partial charge >= 0.3 is 0 Å². The van der Waals surface area contributed by atoms with E-state index in [2.05, 4.69) is 35.6 Å². The van der Waals surface area contributed by atoms with Gasteiger partial charge in [0.15, 0.2) is 17.3 Å². The van der Waals surface area contributed by atoms with Crippen LogP contribution >= 0.6 is 0 Å². The normalized spacial score (nSPS) is 10.6. The SMILES string of the molecule is O=C(Nc1n[nH]c(-c2ccccn2)n1)c1cc(-c2cccnc2)on1. The van der Waals surface area contributed by atoms with Gasteiger partial charge in [-0.15, -0.1) is 5.10 Å². The van der Waals surface area contributed by atoms with E-state index in [1.165, 1.54) is 6.07 Å². The van der Waals surface area contributed by atoms with Gasteiger partial charge in [-0.05, 0) is 24.3 Å². The van der Waals surface area contributed by atoms with Crippen molar-refractivity contribution < 1.29 is 9.32 Å². The molecule has 0 unspecified atom stereocenters. The van der Waals surface area contributed by atoms with E-state index in [0.717, 1.165) is 5.56 Å². The van der Waals surface area contributed by atoms with Gasteiger partial charge in [-0.25, -0.2) is 0 Å². The first-order chi connectivity index (χ1) is 12.3. The van der Waals surface area contributed by atoms with E-state index in [1.54, 1.807) is 36.8 Å². The second kappa shape index (κ2) is 6.32. The van der Waals surface area contributed by atoms with Gasteiger partial charge < -0.3 is 4.52 Å². The minimum atomic E-state index is -0.481. The molecule has 0 fully saturated rings. The lowest BCUT2D eigenvalue weighted by atomic mass is 10.2. The minimum absolute atomic E-state index is 0.114. The summed E-state index contributed by atoms with van der Waals surface area (Å²) in [5, 5.41) is 13.0.